The molecule has 3 nitrogen and oxygen atoms in total. The molecule has 0 aliphatic rings. The van der Waals surface area contributed by atoms with Crippen LogP contribution in [0.3, 0.4) is 0 Å². The molecule has 2 unspecified atom stereocenters. The highest BCUT2D eigenvalue weighted by atomic mass is 16.5. The number of unbranched alkanes of at least 4 members (excludes halogenated alkanes) is 2. The molecule has 82 valence electrons. The summed E-state index contributed by atoms with van der Waals surface area (Å²) in [7, 11) is 0. The minimum absolute atomic E-state index is 0.0708. The third-order valence-electron chi connectivity index (χ3n) is 2.12. The number of nitrogens with two attached hydrogens (primary N) is 1. The van der Waals surface area contributed by atoms with Gasteiger partial charge < -0.3 is 10.5 Å². The van der Waals surface area contributed by atoms with E-state index in [1.165, 1.54) is 12.8 Å². The van der Waals surface area contributed by atoms with Crippen LogP contribution < -0.4 is 5.73 Å². The van der Waals surface area contributed by atoms with Crippen LogP contribution in [-0.2, 0) is 4.74 Å². The van der Waals surface area contributed by atoms with Crippen LogP contribution in [0.15, 0.2) is 0 Å². The molecule has 3 heteroatoms. The summed E-state index contributed by atoms with van der Waals surface area (Å²) in [5, 5.41) is 8.72. The van der Waals surface area contributed by atoms with Gasteiger partial charge in [0.15, 0.2) is 0 Å². The van der Waals surface area contributed by atoms with Gasteiger partial charge in [-0.15, -0.1) is 0 Å². The lowest BCUT2D eigenvalue weighted by Gasteiger charge is -2.20. The first-order valence-electron chi connectivity index (χ1n) is 5.33. The fourth-order valence-corrected chi connectivity index (χ4v) is 1.34. The average molecular weight is 198 g/mol. The Balaban J connectivity index is 3.56. The van der Waals surface area contributed by atoms with Crippen molar-refractivity contribution in [2.24, 2.45) is 5.73 Å². The van der Waals surface area contributed by atoms with Crippen LogP contribution in [0.25, 0.3) is 0 Å². The van der Waals surface area contributed by atoms with Crippen molar-refractivity contribution >= 4 is 0 Å². The van der Waals surface area contributed by atoms with Crippen LogP contribution in [-0.4, -0.2) is 18.2 Å². The van der Waals surface area contributed by atoms with E-state index >= 15 is 0 Å². The Labute approximate surface area is 87.2 Å². The SMILES string of the molecule is CCCCCOC(C)CC(C)(N)C#N. The van der Waals surface area contributed by atoms with E-state index in [1.807, 2.05) is 6.92 Å². The number of rotatable bonds is 7. The van der Waals surface area contributed by atoms with Crippen LogP contribution in [0.1, 0.15) is 46.5 Å². The summed E-state index contributed by atoms with van der Waals surface area (Å²) in [6, 6.07) is 2.07. The van der Waals surface area contributed by atoms with E-state index in [2.05, 4.69) is 13.0 Å². The van der Waals surface area contributed by atoms with E-state index in [-0.39, 0.29) is 6.10 Å². The summed E-state index contributed by atoms with van der Waals surface area (Å²) < 4.78 is 5.55. The molecule has 14 heavy (non-hydrogen) atoms. The molecule has 0 heterocycles. The van der Waals surface area contributed by atoms with Gasteiger partial charge in [-0.3, -0.25) is 0 Å². The second-order valence-electron chi connectivity index (χ2n) is 4.12. The zero-order chi connectivity index (χ0) is 11.0. The molecule has 0 radical (unpaired) electrons. The van der Waals surface area contributed by atoms with Gasteiger partial charge in [-0.05, 0) is 20.3 Å². The van der Waals surface area contributed by atoms with Crippen LogP contribution in [0, 0.1) is 11.3 Å². The molecule has 0 saturated carbocycles. The number of nitrogens with zero attached hydrogens (tertiary/aromatic N) is 1. The maximum atomic E-state index is 8.72. The maximum absolute atomic E-state index is 8.72. The van der Waals surface area contributed by atoms with Crippen LogP contribution in [0.5, 0.6) is 0 Å². The number of nitriles is 1. The Morgan fingerprint density at radius 2 is 2.14 bits per heavy atom. The van der Waals surface area contributed by atoms with Gasteiger partial charge in [-0.1, -0.05) is 19.8 Å². The molecule has 0 aliphatic carbocycles. The van der Waals surface area contributed by atoms with E-state index < -0.39 is 5.54 Å². The van der Waals surface area contributed by atoms with Crippen molar-refractivity contribution in [1.82, 2.24) is 0 Å². The Morgan fingerprint density at radius 1 is 1.50 bits per heavy atom. The molecule has 0 aromatic rings. The first kappa shape index (κ1) is 13.4. The lowest BCUT2D eigenvalue weighted by molar-refractivity contribution is 0.0492. The number of hydrogen-bond donors (Lipinski definition) is 1. The van der Waals surface area contributed by atoms with Gasteiger partial charge in [0.1, 0.15) is 5.54 Å². The Hall–Kier alpha value is -0.590. The molecule has 0 fully saturated rings. The fraction of sp³-hybridized carbons (Fsp3) is 0.909. The fourth-order valence-electron chi connectivity index (χ4n) is 1.34. The molecule has 0 spiro atoms. The zero-order valence-electron chi connectivity index (χ0n) is 9.55. The molecule has 0 amide bonds. The summed E-state index contributed by atoms with van der Waals surface area (Å²) >= 11 is 0. The van der Waals surface area contributed by atoms with Crippen molar-refractivity contribution in [3.63, 3.8) is 0 Å². The predicted molar refractivity (Wildman–Crippen MR) is 57.8 cm³/mol. The monoisotopic (exact) mass is 198 g/mol. The summed E-state index contributed by atoms with van der Waals surface area (Å²) in [5.74, 6) is 0. The minimum atomic E-state index is -0.760. The normalized spacial score (nSPS) is 17.1. The molecule has 0 aromatic heterocycles. The van der Waals surface area contributed by atoms with Crippen molar-refractivity contribution in [2.45, 2.75) is 58.1 Å². The van der Waals surface area contributed by atoms with E-state index in [0.29, 0.717) is 6.42 Å². The van der Waals surface area contributed by atoms with Crippen molar-refractivity contribution in [3.8, 4) is 6.07 Å². The first-order valence-corrected chi connectivity index (χ1v) is 5.33. The summed E-state index contributed by atoms with van der Waals surface area (Å²) in [6.07, 6.45) is 4.15. The smallest absolute Gasteiger partial charge is 0.103 e. The van der Waals surface area contributed by atoms with E-state index in [1.54, 1.807) is 6.92 Å². The number of ether oxygens (including phenoxy) is 1. The van der Waals surface area contributed by atoms with Crippen LogP contribution in [0.4, 0.5) is 0 Å². The van der Waals surface area contributed by atoms with Gasteiger partial charge in [-0.2, -0.15) is 5.26 Å². The standard InChI is InChI=1S/C11H22N2O/c1-4-5-6-7-14-10(2)8-11(3,13)9-12/h10H,4-8,13H2,1-3H3. The molecule has 0 saturated heterocycles. The van der Waals surface area contributed by atoms with Crippen molar-refractivity contribution in [2.75, 3.05) is 6.61 Å². The quantitative estimate of drug-likeness (QED) is 0.638. The summed E-state index contributed by atoms with van der Waals surface area (Å²) in [5.41, 5.74) is 4.95. The summed E-state index contributed by atoms with van der Waals surface area (Å²) in [4.78, 5) is 0. The highest BCUT2D eigenvalue weighted by Crippen LogP contribution is 2.10. The topological polar surface area (TPSA) is 59.0 Å². The van der Waals surface area contributed by atoms with E-state index in [9.17, 15) is 0 Å². The predicted octanol–water partition coefficient (Wildman–Crippen LogP) is 2.21. The van der Waals surface area contributed by atoms with Crippen LogP contribution in [0.2, 0.25) is 0 Å². The van der Waals surface area contributed by atoms with Gasteiger partial charge >= 0.3 is 0 Å². The maximum Gasteiger partial charge on any atom is 0.103 e. The molecule has 0 aliphatic heterocycles. The highest BCUT2D eigenvalue weighted by molar-refractivity contribution is 5.01. The molecule has 2 N–H and O–H groups in total. The molecule has 0 bridgehead atoms. The first-order chi connectivity index (χ1) is 6.52. The van der Waals surface area contributed by atoms with Gasteiger partial charge in [0.05, 0.1) is 12.2 Å². The molecular formula is C11H22N2O. The average Bonchev–Trinajstić information content (AvgIpc) is 2.12. The van der Waals surface area contributed by atoms with E-state index in [0.717, 1.165) is 13.0 Å². The second kappa shape index (κ2) is 6.80. The molecule has 2 atom stereocenters. The molecule has 0 rings (SSSR count). The lowest BCUT2D eigenvalue weighted by atomic mass is 9.98. The zero-order valence-corrected chi connectivity index (χ0v) is 9.55. The second-order valence-corrected chi connectivity index (χ2v) is 4.12. The molecule has 0 aromatic carbocycles. The van der Waals surface area contributed by atoms with E-state index in [4.69, 9.17) is 15.7 Å². The largest absolute Gasteiger partial charge is 0.378 e. The Kier molecular flexibility index (Phi) is 6.52. The van der Waals surface area contributed by atoms with Gasteiger partial charge in [0, 0.05) is 13.0 Å². The third kappa shape index (κ3) is 6.88. The van der Waals surface area contributed by atoms with Crippen LogP contribution >= 0.6 is 0 Å². The number of hydrogen-bond acceptors (Lipinski definition) is 3. The Bertz CT molecular complexity index is 184. The van der Waals surface area contributed by atoms with Gasteiger partial charge in [-0.25, -0.2) is 0 Å². The van der Waals surface area contributed by atoms with Gasteiger partial charge in [0.25, 0.3) is 0 Å². The van der Waals surface area contributed by atoms with Crippen molar-refractivity contribution < 1.29 is 4.74 Å². The van der Waals surface area contributed by atoms with Crippen molar-refractivity contribution in [3.05, 3.63) is 0 Å². The highest BCUT2D eigenvalue weighted by Gasteiger charge is 2.20. The Morgan fingerprint density at radius 3 is 2.64 bits per heavy atom. The lowest BCUT2D eigenvalue weighted by Crippen LogP contribution is -2.38. The van der Waals surface area contributed by atoms with Crippen molar-refractivity contribution in [1.29, 1.82) is 5.26 Å². The third-order valence-corrected chi connectivity index (χ3v) is 2.12. The minimum Gasteiger partial charge on any atom is -0.378 e. The summed E-state index contributed by atoms with van der Waals surface area (Å²) in [6.45, 7) is 6.64. The van der Waals surface area contributed by atoms with Gasteiger partial charge in [0.2, 0.25) is 0 Å². The molecular weight excluding hydrogens is 176 g/mol.